The average molecular weight is 254 g/mol. The molecule has 74 valence electrons. The third-order valence-corrected chi connectivity index (χ3v) is 2.90. The first kappa shape index (κ1) is 9.52. The zero-order chi connectivity index (χ0) is 10.3. The summed E-state index contributed by atoms with van der Waals surface area (Å²) in [6, 6.07) is 4.18. The van der Waals surface area contributed by atoms with Gasteiger partial charge >= 0.3 is 0 Å². The smallest absolute Gasteiger partial charge is 0.203 e. The van der Waals surface area contributed by atoms with Crippen molar-refractivity contribution >= 4 is 32.9 Å². The first-order valence-corrected chi connectivity index (χ1v) is 5.23. The van der Waals surface area contributed by atoms with E-state index in [1.54, 1.807) is 0 Å². The molecule has 2 aromatic rings. The second-order valence-electron chi connectivity index (χ2n) is 3.36. The number of imidazole rings is 1. The van der Waals surface area contributed by atoms with Gasteiger partial charge in [0.15, 0.2) is 0 Å². The second-order valence-corrected chi connectivity index (χ2v) is 4.21. The van der Waals surface area contributed by atoms with Gasteiger partial charge in [-0.3, -0.25) is 0 Å². The van der Waals surface area contributed by atoms with Crippen molar-refractivity contribution in [3.05, 3.63) is 22.2 Å². The zero-order valence-electron chi connectivity index (χ0n) is 8.43. The average Bonchev–Trinajstić information content (AvgIpc) is 2.42. The number of benzene rings is 1. The van der Waals surface area contributed by atoms with E-state index >= 15 is 0 Å². The van der Waals surface area contributed by atoms with Gasteiger partial charge in [0, 0.05) is 18.6 Å². The van der Waals surface area contributed by atoms with Crippen LogP contribution in [0.1, 0.15) is 5.56 Å². The molecule has 1 N–H and O–H groups in total. The molecule has 0 atom stereocenters. The minimum atomic E-state index is 0.881. The molecule has 0 bridgehead atoms. The number of rotatable bonds is 1. The van der Waals surface area contributed by atoms with Gasteiger partial charge in [0.1, 0.15) is 0 Å². The Hall–Kier alpha value is -1.03. The highest BCUT2D eigenvalue weighted by Crippen LogP contribution is 2.27. The highest BCUT2D eigenvalue weighted by atomic mass is 79.9. The fourth-order valence-corrected chi connectivity index (χ4v) is 2.48. The van der Waals surface area contributed by atoms with Gasteiger partial charge in [-0.05, 0) is 40.5 Å². The number of fused-ring (bicyclic) bond motifs is 1. The molecule has 0 amide bonds. The number of aromatic nitrogens is 2. The lowest BCUT2D eigenvalue weighted by Gasteiger charge is -2.01. The van der Waals surface area contributed by atoms with E-state index < -0.39 is 0 Å². The summed E-state index contributed by atoms with van der Waals surface area (Å²) >= 11 is 3.55. The van der Waals surface area contributed by atoms with Crippen molar-refractivity contribution in [2.45, 2.75) is 6.92 Å². The molecule has 14 heavy (non-hydrogen) atoms. The van der Waals surface area contributed by atoms with Crippen molar-refractivity contribution in [3.63, 3.8) is 0 Å². The summed E-state index contributed by atoms with van der Waals surface area (Å²) in [5, 5.41) is 3.06. The van der Waals surface area contributed by atoms with Crippen molar-refractivity contribution in [3.8, 4) is 0 Å². The van der Waals surface area contributed by atoms with Crippen LogP contribution < -0.4 is 5.32 Å². The Morgan fingerprint density at radius 3 is 2.79 bits per heavy atom. The van der Waals surface area contributed by atoms with E-state index in [0.29, 0.717) is 0 Å². The molecule has 0 radical (unpaired) electrons. The lowest BCUT2D eigenvalue weighted by Crippen LogP contribution is -1.97. The second kappa shape index (κ2) is 3.28. The topological polar surface area (TPSA) is 29.9 Å². The van der Waals surface area contributed by atoms with Crippen molar-refractivity contribution < 1.29 is 0 Å². The maximum atomic E-state index is 4.47. The van der Waals surface area contributed by atoms with Crippen molar-refractivity contribution in [1.82, 2.24) is 9.55 Å². The fourth-order valence-electron chi connectivity index (χ4n) is 1.65. The van der Waals surface area contributed by atoms with Crippen molar-refractivity contribution in [2.24, 2.45) is 7.05 Å². The summed E-state index contributed by atoms with van der Waals surface area (Å²) in [5.74, 6) is 0.881. The lowest BCUT2D eigenvalue weighted by atomic mass is 10.2. The zero-order valence-corrected chi connectivity index (χ0v) is 10.0. The van der Waals surface area contributed by atoms with Crippen LogP contribution in [0.2, 0.25) is 0 Å². The molecule has 1 aromatic carbocycles. The number of anilines is 1. The largest absolute Gasteiger partial charge is 0.359 e. The molecule has 0 spiro atoms. The molecular weight excluding hydrogens is 242 g/mol. The van der Waals surface area contributed by atoms with Crippen LogP contribution in [0.15, 0.2) is 16.6 Å². The molecule has 0 saturated carbocycles. The van der Waals surface area contributed by atoms with E-state index in [1.807, 2.05) is 18.7 Å². The third-order valence-electron chi connectivity index (χ3n) is 2.29. The van der Waals surface area contributed by atoms with E-state index in [-0.39, 0.29) is 0 Å². The predicted octanol–water partition coefficient (Wildman–Crippen LogP) is 2.69. The van der Waals surface area contributed by atoms with Crippen LogP contribution >= 0.6 is 15.9 Å². The van der Waals surface area contributed by atoms with Crippen LogP contribution in [0.4, 0.5) is 5.95 Å². The maximum absolute atomic E-state index is 4.47. The van der Waals surface area contributed by atoms with Gasteiger partial charge in [0.2, 0.25) is 5.95 Å². The summed E-state index contributed by atoms with van der Waals surface area (Å²) < 4.78 is 3.13. The van der Waals surface area contributed by atoms with Crippen LogP contribution in [0, 0.1) is 6.92 Å². The summed E-state index contributed by atoms with van der Waals surface area (Å²) in [7, 11) is 3.88. The van der Waals surface area contributed by atoms with Gasteiger partial charge < -0.3 is 9.88 Å². The van der Waals surface area contributed by atoms with E-state index in [2.05, 4.69) is 45.3 Å². The van der Waals surface area contributed by atoms with Gasteiger partial charge in [-0.1, -0.05) is 0 Å². The predicted molar refractivity (Wildman–Crippen MR) is 62.7 cm³/mol. The molecule has 0 aliphatic heterocycles. The summed E-state index contributed by atoms with van der Waals surface area (Å²) in [5.41, 5.74) is 3.36. The highest BCUT2D eigenvalue weighted by molar-refractivity contribution is 9.10. The van der Waals surface area contributed by atoms with E-state index in [4.69, 9.17) is 0 Å². The molecule has 1 aromatic heterocycles. The standard InChI is InChI=1S/C10H12BrN3/c1-6-4-7(11)9-8(5-6)13-10(12-2)14(9)3/h4-5H,1-3H3,(H,12,13). The highest BCUT2D eigenvalue weighted by Gasteiger charge is 2.09. The van der Waals surface area contributed by atoms with Gasteiger partial charge in [-0.2, -0.15) is 0 Å². The quantitative estimate of drug-likeness (QED) is 0.847. The Bertz CT molecular complexity index is 488. The van der Waals surface area contributed by atoms with E-state index in [0.717, 1.165) is 21.5 Å². The molecule has 0 aliphatic carbocycles. The number of nitrogens with one attached hydrogen (secondary N) is 1. The Morgan fingerprint density at radius 1 is 1.43 bits per heavy atom. The van der Waals surface area contributed by atoms with Crippen LogP contribution in [0.3, 0.4) is 0 Å². The maximum Gasteiger partial charge on any atom is 0.203 e. The van der Waals surface area contributed by atoms with Crippen LogP contribution in [0.5, 0.6) is 0 Å². The summed E-state index contributed by atoms with van der Waals surface area (Å²) in [6.07, 6.45) is 0. The van der Waals surface area contributed by atoms with Gasteiger partial charge in [-0.15, -0.1) is 0 Å². The molecule has 0 saturated heterocycles. The van der Waals surface area contributed by atoms with Crippen LogP contribution in [-0.4, -0.2) is 16.6 Å². The molecule has 0 fully saturated rings. The fraction of sp³-hybridized carbons (Fsp3) is 0.300. The molecule has 1 heterocycles. The number of aryl methyl sites for hydroxylation is 2. The van der Waals surface area contributed by atoms with Crippen molar-refractivity contribution in [2.75, 3.05) is 12.4 Å². The van der Waals surface area contributed by atoms with Crippen LogP contribution in [0.25, 0.3) is 11.0 Å². The normalized spacial score (nSPS) is 10.9. The number of halogens is 1. The van der Waals surface area contributed by atoms with Gasteiger partial charge in [-0.25, -0.2) is 4.98 Å². The minimum Gasteiger partial charge on any atom is -0.359 e. The van der Waals surface area contributed by atoms with Gasteiger partial charge in [0.25, 0.3) is 0 Å². The molecule has 0 aliphatic rings. The Kier molecular flexibility index (Phi) is 2.23. The molecule has 0 unspecified atom stereocenters. The first-order chi connectivity index (χ1) is 6.63. The summed E-state index contributed by atoms with van der Waals surface area (Å²) in [6.45, 7) is 2.07. The SMILES string of the molecule is CNc1nc2cc(C)cc(Br)c2n1C. The summed E-state index contributed by atoms with van der Waals surface area (Å²) in [4.78, 5) is 4.47. The molecule has 2 rings (SSSR count). The minimum absolute atomic E-state index is 0.881. The monoisotopic (exact) mass is 253 g/mol. The lowest BCUT2D eigenvalue weighted by molar-refractivity contribution is 0.950. The molecular formula is C10H12BrN3. The van der Waals surface area contributed by atoms with E-state index in [1.165, 1.54) is 5.56 Å². The number of hydrogen-bond acceptors (Lipinski definition) is 2. The number of hydrogen-bond donors (Lipinski definition) is 1. The third kappa shape index (κ3) is 1.30. The first-order valence-electron chi connectivity index (χ1n) is 4.44. The Balaban J connectivity index is 2.85. The Labute approximate surface area is 91.3 Å². The number of nitrogens with zero attached hydrogens (tertiary/aromatic N) is 2. The Morgan fingerprint density at radius 2 is 2.14 bits per heavy atom. The van der Waals surface area contributed by atoms with E-state index in [9.17, 15) is 0 Å². The molecule has 4 heteroatoms. The van der Waals surface area contributed by atoms with Crippen LogP contribution in [-0.2, 0) is 7.05 Å². The molecule has 3 nitrogen and oxygen atoms in total. The van der Waals surface area contributed by atoms with Crippen molar-refractivity contribution in [1.29, 1.82) is 0 Å². The van der Waals surface area contributed by atoms with Gasteiger partial charge in [0.05, 0.1) is 11.0 Å².